The number of nitrogens with zero attached hydrogens (tertiary/aromatic N) is 1. The first-order valence-corrected chi connectivity index (χ1v) is 5.98. The van der Waals surface area contributed by atoms with Crippen LogP contribution in [0.4, 0.5) is 4.79 Å². The second-order valence-electron chi connectivity index (χ2n) is 4.74. The van der Waals surface area contributed by atoms with E-state index in [0.29, 0.717) is 6.54 Å². The van der Waals surface area contributed by atoms with E-state index in [0.717, 1.165) is 16.5 Å². The van der Waals surface area contributed by atoms with Gasteiger partial charge in [0.2, 0.25) is 0 Å². The van der Waals surface area contributed by atoms with Crippen LogP contribution in [0, 0.1) is 0 Å². The van der Waals surface area contributed by atoms with E-state index in [2.05, 4.69) is 15.9 Å². The van der Waals surface area contributed by atoms with Gasteiger partial charge in [0.25, 0.3) is 0 Å². The normalized spacial score (nSPS) is 18.1. The van der Waals surface area contributed by atoms with Gasteiger partial charge in [-0.2, -0.15) is 0 Å². The summed E-state index contributed by atoms with van der Waals surface area (Å²) in [5.41, 5.74) is 1.98. The molecule has 0 bridgehead atoms. The monoisotopic (exact) mass is 283 g/mol. The van der Waals surface area contributed by atoms with Crippen molar-refractivity contribution < 1.29 is 9.90 Å². The van der Waals surface area contributed by atoms with Crippen molar-refractivity contribution in [2.75, 3.05) is 0 Å². The standard InChI is InChI=1S/C12H14BrNO2/c1-12(2)6-9-8(4-3-5-10(9)13)7-14(12)11(15)16/h3-5H,6-7H2,1-2H3,(H,15,16). The molecule has 2 rings (SSSR count). The number of amides is 1. The van der Waals surface area contributed by atoms with Gasteiger partial charge < -0.3 is 5.11 Å². The highest BCUT2D eigenvalue weighted by molar-refractivity contribution is 9.10. The van der Waals surface area contributed by atoms with Crippen LogP contribution in [0.3, 0.4) is 0 Å². The van der Waals surface area contributed by atoms with E-state index >= 15 is 0 Å². The van der Waals surface area contributed by atoms with Crippen molar-refractivity contribution in [2.45, 2.75) is 32.4 Å². The van der Waals surface area contributed by atoms with E-state index in [9.17, 15) is 9.90 Å². The van der Waals surface area contributed by atoms with E-state index in [1.165, 1.54) is 10.5 Å². The van der Waals surface area contributed by atoms with Gasteiger partial charge in [0, 0.05) is 16.6 Å². The van der Waals surface area contributed by atoms with Crippen LogP contribution >= 0.6 is 15.9 Å². The van der Waals surface area contributed by atoms with Crippen LogP contribution in [-0.2, 0) is 13.0 Å². The summed E-state index contributed by atoms with van der Waals surface area (Å²) in [4.78, 5) is 12.7. The van der Waals surface area contributed by atoms with E-state index in [1.807, 2.05) is 32.0 Å². The van der Waals surface area contributed by atoms with Gasteiger partial charge in [-0.05, 0) is 37.5 Å². The van der Waals surface area contributed by atoms with Gasteiger partial charge in [-0.15, -0.1) is 0 Å². The van der Waals surface area contributed by atoms with Crippen molar-refractivity contribution in [3.63, 3.8) is 0 Å². The molecule has 3 nitrogen and oxygen atoms in total. The van der Waals surface area contributed by atoms with Gasteiger partial charge in [-0.3, -0.25) is 4.90 Å². The van der Waals surface area contributed by atoms with E-state index in [4.69, 9.17) is 0 Å². The Hall–Kier alpha value is -1.03. The number of hydrogen-bond acceptors (Lipinski definition) is 1. The lowest BCUT2D eigenvalue weighted by molar-refractivity contribution is 0.0799. The first-order valence-electron chi connectivity index (χ1n) is 5.18. The lowest BCUT2D eigenvalue weighted by atomic mass is 9.86. The summed E-state index contributed by atoms with van der Waals surface area (Å²) in [6.45, 7) is 4.39. The number of fused-ring (bicyclic) bond motifs is 1. The topological polar surface area (TPSA) is 40.5 Å². The van der Waals surface area contributed by atoms with Crippen molar-refractivity contribution in [3.8, 4) is 0 Å². The molecular weight excluding hydrogens is 270 g/mol. The molecule has 0 aliphatic carbocycles. The Bertz CT molecular complexity index is 443. The second kappa shape index (κ2) is 3.77. The zero-order valence-corrected chi connectivity index (χ0v) is 10.9. The third kappa shape index (κ3) is 1.82. The summed E-state index contributed by atoms with van der Waals surface area (Å²) in [6, 6.07) is 5.94. The van der Waals surface area contributed by atoms with Gasteiger partial charge in [-0.1, -0.05) is 28.1 Å². The fourth-order valence-corrected chi connectivity index (χ4v) is 2.74. The van der Waals surface area contributed by atoms with Crippen LogP contribution in [0.15, 0.2) is 22.7 Å². The van der Waals surface area contributed by atoms with Crippen LogP contribution in [0.5, 0.6) is 0 Å². The van der Waals surface area contributed by atoms with Crippen LogP contribution in [0.25, 0.3) is 0 Å². The summed E-state index contributed by atoms with van der Waals surface area (Å²) >= 11 is 3.52. The average Bonchev–Trinajstić information content (AvgIpc) is 2.17. The summed E-state index contributed by atoms with van der Waals surface area (Å²) in [5, 5.41) is 9.18. The molecule has 0 aromatic heterocycles. The fourth-order valence-electron chi connectivity index (χ4n) is 2.19. The predicted molar refractivity (Wildman–Crippen MR) is 65.5 cm³/mol. The van der Waals surface area contributed by atoms with Crippen molar-refractivity contribution in [2.24, 2.45) is 0 Å². The molecule has 16 heavy (non-hydrogen) atoms. The number of rotatable bonds is 0. The zero-order chi connectivity index (χ0) is 11.9. The number of hydrogen-bond donors (Lipinski definition) is 1. The molecule has 86 valence electrons. The molecule has 1 N–H and O–H groups in total. The smallest absolute Gasteiger partial charge is 0.408 e. The highest BCUT2D eigenvalue weighted by atomic mass is 79.9. The maximum absolute atomic E-state index is 11.2. The molecule has 1 heterocycles. The van der Waals surface area contributed by atoms with Crippen LogP contribution in [-0.4, -0.2) is 21.6 Å². The van der Waals surface area contributed by atoms with Gasteiger partial charge in [-0.25, -0.2) is 4.79 Å². The third-order valence-electron chi connectivity index (χ3n) is 3.12. The molecule has 0 radical (unpaired) electrons. The molecule has 0 atom stereocenters. The molecule has 1 aliphatic rings. The van der Waals surface area contributed by atoms with Gasteiger partial charge in [0.05, 0.1) is 0 Å². The average molecular weight is 284 g/mol. The number of halogens is 1. The highest BCUT2D eigenvalue weighted by Crippen LogP contribution is 2.34. The predicted octanol–water partition coefficient (Wildman–Crippen LogP) is 3.26. The van der Waals surface area contributed by atoms with Crippen molar-refractivity contribution in [3.05, 3.63) is 33.8 Å². The quantitative estimate of drug-likeness (QED) is 0.794. The number of benzene rings is 1. The molecule has 4 heteroatoms. The van der Waals surface area contributed by atoms with E-state index in [1.54, 1.807) is 0 Å². The lowest BCUT2D eigenvalue weighted by Crippen LogP contribution is -2.51. The fraction of sp³-hybridized carbons (Fsp3) is 0.417. The van der Waals surface area contributed by atoms with Gasteiger partial charge in [0.15, 0.2) is 0 Å². The van der Waals surface area contributed by atoms with Gasteiger partial charge in [0.1, 0.15) is 0 Å². The Morgan fingerprint density at radius 3 is 2.81 bits per heavy atom. The Morgan fingerprint density at radius 2 is 2.19 bits per heavy atom. The first-order chi connectivity index (χ1) is 7.42. The Kier molecular flexibility index (Phi) is 2.70. The van der Waals surface area contributed by atoms with Crippen LogP contribution in [0.2, 0.25) is 0 Å². The second-order valence-corrected chi connectivity index (χ2v) is 5.59. The molecule has 0 saturated carbocycles. The summed E-state index contributed by atoms with van der Waals surface area (Å²) in [5.74, 6) is 0. The van der Waals surface area contributed by atoms with Crippen molar-refractivity contribution >= 4 is 22.0 Å². The van der Waals surface area contributed by atoms with E-state index < -0.39 is 6.09 Å². The Morgan fingerprint density at radius 1 is 1.50 bits per heavy atom. The molecule has 1 aromatic rings. The van der Waals surface area contributed by atoms with Crippen molar-refractivity contribution in [1.82, 2.24) is 4.90 Å². The van der Waals surface area contributed by atoms with Gasteiger partial charge >= 0.3 is 6.09 Å². The minimum Gasteiger partial charge on any atom is -0.465 e. The number of carboxylic acid groups (broad SMARTS) is 1. The van der Waals surface area contributed by atoms with E-state index in [-0.39, 0.29) is 5.54 Å². The molecule has 0 spiro atoms. The number of carbonyl (C=O) groups is 1. The molecule has 0 fully saturated rings. The molecule has 1 aromatic carbocycles. The third-order valence-corrected chi connectivity index (χ3v) is 3.86. The van der Waals surface area contributed by atoms with Crippen LogP contribution < -0.4 is 0 Å². The zero-order valence-electron chi connectivity index (χ0n) is 9.33. The molecule has 1 amide bonds. The highest BCUT2D eigenvalue weighted by Gasteiger charge is 2.36. The maximum Gasteiger partial charge on any atom is 0.408 e. The summed E-state index contributed by atoms with van der Waals surface area (Å²) in [6.07, 6.45) is -0.105. The van der Waals surface area contributed by atoms with Crippen LogP contribution in [0.1, 0.15) is 25.0 Å². The SMILES string of the molecule is CC1(C)Cc2c(Br)cccc2CN1C(=O)O. The minimum atomic E-state index is -0.851. The summed E-state index contributed by atoms with van der Waals surface area (Å²) < 4.78 is 1.07. The lowest BCUT2D eigenvalue weighted by Gasteiger charge is -2.41. The summed E-state index contributed by atoms with van der Waals surface area (Å²) in [7, 11) is 0. The Labute approximate surface area is 103 Å². The largest absolute Gasteiger partial charge is 0.465 e. The molecular formula is C12H14BrNO2. The van der Waals surface area contributed by atoms with Crippen molar-refractivity contribution in [1.29, 1.82) is 0 Å². The minimum absolute atomic E-state index is 0.345. The first kappa shape index (κ1) is 11.5. The molecule has 0 unspecified atom stereocenters. The molecule has 0 saturated heterocycles. The molecule has 1 aliphatic heterocycles. The maximum atomic E-state index is 11.2. The Balaban J connectivity index is 2.46.